The number of aryl methyl sites for hydroxylation is 1. The van der Waals surface area contributed by atoms with Crippen molar-refractivity contribution in [2.45, 2.75) is 83.7 Å². The van der Waals surface area contributed by atoms with Gasteiger partial charge in [0.1, 0.15) is 25.3 Å². The SMILES string of the molecule is C=[N+](C)[C@@H]1CCC(C)=C[C@H]1c1c(O)cc(CCCCC)cc1OC(=O)CCCn1c(=O)[nH]cc(F)c1=O. The van der Waals surface area contributed by atoms with Crippen LogP contribution in [-0.4, -0.2) is 45.0 Å². The number of carbonyl (C=O) groups is 1. The minimum atomic E-state index is -1.07. The van der Waals surface area contributed by atoms with Crippen molar-refractivity contribution in [3.63, 3.8) is 0 Å². The third-order valence-corrected chi connectivity index (χ3v) is 6.86. The van der Waals surface area contributed by atoms with Crippen molar-refractivity contribution in [2.24, 2.45) is 0 Å². The summed E-state index contributed by atoms with van der Waals surface area (Å²) in [5.41, 5.74) is 0.843. The average Bonchev–Trinajstić information content (AvgIpc) is 2.83. The van der Waals surface area contributed by atoms with E-state index in [1.165, 1.54) is 5.57 Å². The molecule has 2 N–H and O–H groups in total. The number of phenols is 1. The number of ether oxygens (including phenoxy) is 1. The predicted molar refractivity (Wildman–Crippen MR) is 140 cm³/mol. The zero-order chi connectivity index (χ0) is 27.1. The molecular formula is C28H37FN3O5+. The standard InChI is InChI=1S/C28H36FN3O5/c1-5-6-7-9-19-15-23(33)26(20-14-18(2)11-12-22(20)31(3)4)24(16-19)37-25(34)10-8-13-32-27(35)21(29)17-30-28(32)36/h14-17,20,22H,3,5-13H2,1-2,4H3,(H-,30,33,35,36)/p+1/t20-,22-/m1/s1. The highest BCUT2D eigenvalue weighted by atomic mass is 19.1. The number of phenolic OH excluding ortho intramolecular Hbond substituents is 1. The molecule has 0 saturated carbocycles. The van der Waals surface area contributed by atoms with Crippen molar-refractivity contribution in [1.82, 2.24) is 9.55 Å². The number of benzene rings is 1. The fourth-order valence-corrected chi connectivity index (χ4v) is 4.88. The van der Waals surface area contributed by atoms with Gasteiger partial charge in [-0.25, -0.2) is 9.37 Å². The van der Waals surface area contributed by atoms with Gasteiger partial charge in [-0.3, -0.25) is 14.2 Å². The van der Waals surface area contributed by atoms with Gasteiger partial charge in [-0.2, -0.15) is 4.39 Å². The second-order valence-electron chi connectivity index (χ2n) is 9.86. The summed E-state index contributed by atoms with van der Waals surface area (Å²) in [5.74, 6) is -1.46. The molecule has 0 spiro atoms. The van der Waals surface area contributed by atoms with Gasteiger partial charge in [0.25, 0.3) is 5.56 Å². The second kappa shape index (κ2) is 12.7. The molecule has 1 aliphatic carbocycles. The number of esters is 1. The normalized spacial score (nSPS) is 17.4. The minimum Gasteiger partial charge on any atom is -0.507 e. The van der Waals surface area contributed by atoms with Gasteiger partial charge in [0.15, 0.2) is 6.04 Å². The van der Waals surface area contributed by atoms with Gasteiger partial charge in [0.2, 0.25) is 5.82 Å². The van der Waals surface area contributed by atoms with Gasteiger partial charge < -0.3 is 14.8 Å². The first-order valence-corrected chi connectivity index (χ1v) is 12.9. The molecule has 0 unspecified atom stereocenters. The topological polar surface area (TPSA) is 104 Å². The van der Waals surface area contributed by atoms with Crippen molar-refractivity contribution < 1.29 is 23.6 Å². The van der Waals surface area contributed by atoms with Crippen LogP contribution in [0.15, 0.2) is 39.6 Å². The van der Waals surface area contributed by atoms with Crippen LogP contribution in [0.25, 0.3) is 0 Å². The Morgan fingerprint density at radius 2 is 2.05 bits per heavy atom. The first-order chi connectivity index (χ1) is 17.6. The molecule has 9 heteroatoms. The molecule has 0 amide bonds. The van der Waals surface area contributed by atoms with E-state index in [9.17, 15) is 23.9 Å². The van der Waals surface area contributed by atoms with E-state index in [1.54, 1.807) is 6.07 Å². The highest BCUT2D eigenvalue weighted by Gasteiger charge is 2.35. The highest BCUT2D eigenvalue weighted by Crippen LogP contribution is 2.43. The number of H-pyrrole nitrogens is 1. The summed E-state index contributed by atoms with van der Waals surface area (Å²) in [6, 6.07) is 3.59. The van der Waals surface area contributed by atoms with E-state index in [0.717, 1.165) is 54.9 Å². The third-order valence-electron chi connectivity index (χ3n) is 6.86. The Balaban J connectivity index is 1.86. The van der Waals surface area contributed by atoms with Crippen LogP contribution in [0, 0.1) is 5.82 Å². The van der Waals surface area contributed by atoms with Crippen molar-refractivity contribution in [3.05, 3.63) is 67.8 Å². The minimum absolute atomic E-state index is 0.0181. The molecule has 2 aromatic rings. The molecular weight excluding hydrogens is 477 g/mol. The lowest BCUT2D eigenvalue weighted by Crippen LogP contribution is -2.36. The molecule has 2 atom stereocenters. The number of unbranched alkanes of at least 4 members (excludes halogenated alkanes) is 2. The van der Waals surface area contributed by atoms with Crippen molar-refractivity contribution in [2.75, 3.05) is 7.05 Å². The molecule has 1 heterocycles. The molecule has 3 rings (SSSR count). The Kier molecular flexibility index (Phi) is 9.60. The van der Waals surface area contributed by atoms with Crippen LogP contribution < -0.4 is 16.0 Å². The van der Waals surface area contributed by atoms with Crippen LogP contribution in [0.4, 0.5) is 4.39 Å². The van der Waals surface area contributed by atoms with Gasteiger partial charge in [0, 0.05) is 25.6 Å². The highest BCUT2D eigenvalue weighted by molar-refractivity contribution is 5.73. The molecule has 8 nitrogen and oxygen atoms in total. The number of likely N-dealkylation sites (N-methyl/N-ethyl adjacent to an activating group) is 1. The van der Waals surface area contributed by atoms with Crippen LogP contribution in [-0.2, 0) is 17.8 Å². The van der Waals surface area contributed by atoms with E-state index >= 15 is 0 Å². The Bertz CT molecular complexity index is 1290. The number of aromatic amines is 1. The Hall–Kier alpha value is -3.49. The molecule has 0 radical (unpaired) electrons. The predicted octanol–water partition coefficient (Wildman–Crippen LogP) is 4.04. The number of aromatic hydroxyl groups is 1. The van der Waals surface area contributed by atoms with Gasteiger partial charge in [-0.05, 0) is 50.3 Å². The van der Waals surface area contributed by atoms with Crippen molar-refractivity contribution in [3.8, 4) is 11.5 Å². The van der Waals surface area contributed by atoms with Gasteiger partial charge in [-0.1, -0.05) is 31.4 Å². The maximum absolute atomic E-state index is 13.5. The van der Waals surface area contributed by atoms with Crippen LogP contribution in [0.5, 0.6) is 11.5 Å². The molecule has 1 aromatic carbocycles. The monoisotopic (exact) mass is 514 g/mol. The number of aromatic nitrogens is 2. The summed E-state index contributed by atoms with van der Waals surface area (Å²) in [6.45, 7) is 8.11. The summed E-state index contributed by atoms with van der Waals surface area (Å²) in [4.78, 5) is 38.7. The Morgan fingerprint density at radius 3 is 2.76 bits per heavy atom. The number of carbonyl (C=O) groups excluding carboxylic acids is 1. The maximum atomic E-state index is 13.5. The Labute approximate surface area is 216 Å². The molecule has 0 aliphatic heterocycles. The molecule has 0 saturated heterocycles. The van der Waals surface area contributed by atoms with E-state index in [0.29, 0.717) is 11.3 Å². The Morgan fingerprint density at radius 1 is 1.30 bits per heavy atom. The summed E-state index contributed by atoms with van der Waals surface area (Å²) >= 11 is 0. The largest absolute Gasteiger partial charge is 0.507 e. The van der Waals surface area contributed by atoms with Gasteiger partial charge in [-0.15, -0.1) is 0 Å². The van der Waals surface area contributed by atoms with Crippen molar-refractivity contribution in [1.29, 1.82) is 0 Å². The first-order valence-electron chi connectivity index (χ1n) is 12.9. The first kappa shape index (κ1) is 28.1. The molecule has 200 valence electrons. The lowest BCUT2D eigenvalue weighted by Gasteiger charge is -2.28. The number of rotatable bonds is 11. The molecule has 1 aromatic heterocycles. The number of nitrogens with one attached hydrogen (secondary N) is 1. The fourth-order valence-electron chi connectivity index (χ4n) is 4.88. The number of allylic oxidation sites excluding steroid dienone is 1. The van der Waals surface area contributed by atoms with Crippen LogP contribution in [0.1, 0.15) is 75.8 Å². The number of hydrogen-bond donors (Lipinski definition) is 2. The van der Waals surface area contributed by atoms with Crippen LogP contribution in [0.3, 0.4) is 0 Å². The quantitative estimate of drug-likeness (QED) is 0.118. The molecule has 0 bridgehead atoms. The van der Waals surface area contributed by atoms with Gasteiger partial charge >= 0.3 is 11.7 Å². The zero-order valence-corrected chi connectivity index (χ0v) is 21.9. The lowest BCUT2D eigenvalue weighted by atomic mass is 9.80. The van der Waals surface area contributed by atoms with Crippen molar-refractivity contribution >= 4 is 12.7 Å². The molecule has 0 fully saturated rings. The number of hydrogen-bond acceptors (Lipinski definition) is 5. The van der Waals surface area contributed by atoms with E-state index < -0.39 is 23.0 Å². The van der Waals surface area contributed by atoms with E-state index in [1.807, 2.05) is 24.6 Å². The number of nitrogens with zero attached hydrogens (tertiary/aromatic N) is 2. The van der Waals surface area contributed by atoms with Crippen LogP contribution >= 0.6 is 0 Å². The summed E-state index contributed by atoms with van der Waals surface area (Å²) in [5, 5.41) is 11.1. The summed E-state index contributed by atoms with van der Waals surface area (Å²) in [6.07, 6.45) is 8.41. The van der Waals surface area contributed by atoms with E-state index in [2.05, 4.69) is 24.7 Å². The maximum Gasteiger partial charge on any atom is 0.328 e. The average molecular weight is 515 g/mol. The second-order valence-corrected chi connectivity index (χ2v) is 9.86. The molecule has 1 aliphatic rings. The molecule has 37 heavy (non-hydrogen) atoms. The van der Waals surface area contributed by atoms with Gasteiger partial charge in [0.05, 0.1) is 11.5 Å². The lowest BCUT2D eigenvalue weighted by molar-refractivity contribution is -0.534. The van der Waals surface area contributed by atoms with E-state index in [-0.39, 0.29) is 37.1 Å². The van der Waals surface area contributed by atoms with Crippen LogP contribution in [0.2, 0.25) is 0 Å². The summed E-state index contributed by atoms with van der Waals surface area (Å²) in [7, 11) is 1.89. The fraction of sp³-hybridized carbons (Fsp3) is 0.500. The zero-order valence-electron chi connectivity index (χ0n) is 21.9. The smallest absolute Gasteiger partial charge is 0.328 e. The number of halogens is 1. The summed E-state index contributed by atoms with van der Waals surface area (Å²) < 4.78 is 21.9. The third kappa shape index (κ3) is 7.05. The van der Waals surface area contributed by atoms with E-state index in [4.69, 9.17) is 4.74 Å².